The van der Waals surface area contributed by atoms with E-state index in [9.17, 15) is 4.79 Å². The second-order valence-corrected chi connectivity index (χ2v) is 10.1. The van der Waals surface area contributed by atoms with Crippen LogP contribution in [0.15, 0.2) is 42.6 Å². The highest BCUT2D eigenvalue weighted by molar-refractivity contribution is 5.78. The number of anilines is 1. The molecule has 188 valence electrons. The summed E-state index contributed by atoms with van der Waals surface area (Å²) in [5.74, 6) is 2.02. The summed E-state index contributed by atoms with van der Waals surface area (Å²) in [6, 6.07) is 12.4. The Hall–Kier alpha value is -3.88. The second kappa shape index (κ2) is 9.64. The van der Waals surface area contributed by atoms with Crippen LogP contribution in [0.4, 0.5) is 10.6 Å². The number of rotatable bonds is 4. The van der Waals surface area contributed by atoms with Crippen LogP contribution in [-0.4, -0.2) is 53.1 Å². The summed E-state index contributed by atoms with van der Waals surface area (Å²) in [4.78, 5) is 19.1. The molecule has 36 heavy (non-hydrogen) atoms. The van der Waals surface area contributed by atoms with Crippen LogP contribution in [0.5, 0.6) is 11.8 Å². The topological polar surface area (TPSA) is 98.7 Å². The monoisotopic (exact) mass is 489 g/mol. The molecule has 1 saturated heterocycles. The summed E-state index contributed by atoms with van der Waals surface area (Å²) in [6.07, 6.45) is 3.03. The van der Waals surface area contributed by atoms with E-state index in [1.54, 1.807) is 13.3 Å². The standard InChI is InChI=1S/C27H31N5O4/c1-27(2,3)36-26(33)29-20-9-11-32(12-10-20)23-8-7-22-21-6-5-17(13-19(21)16-35-25(22)30-23)18-14-24(34-4)31-28-15-18/h5-8,13-15,20H,9-12,16H2,1-4H3,(H,29,33). The highest BCUT2D eigenvalue weighted by atomic mass is 16.6. The number of nitrogens with zero attached hydrogens (tertiary/aromatic N) is 4. The van der Waals surface area contributed by atoms with Crippen molar-refractivity contribution >= 4 is 11.9 Å². The van der Waals surface area contributed by atoms with E-state index in [0.29, 0.717) is 18.4 Å². The van der Waals surface area contributed by atoms with Crippen LogP contribution in [-0.2, 0) is 11.3 Å². The molecule has 0 bridgehead atoms. The fourth-order valence-corrected chi connectivity index (χ4v) is 4.56. The van der Waals surface area contributed by atoms with E-state index in [-0.39, 0.29) is 12.1 Å². The summed E-state index contributed by atoms with van der Waals surface area (Å²) in [5.41, 5.74) is 4.67. The molecule has 2 aliphatic rings. The average molecular weight is 490 g/mol. The van der Waals surface area contributed by atoms with Gasteiger partial charge in [0.15, 0.2) is 0 Å². The minimum absolute atomic E-state index is 0.0987. The van der Waals surface area contributed by atoms with Crippen LogP contribution >= 0.6 is 0 Å². The molecule has 5 rings (SSSR count). The van der Waals surface area contributed by atoms with E-state index in [4.69, 9.17) is 19.2 Å². The molecule has 1 fully saturated rings. The maximum absolute atomic E-state index is 12.1. The molecule has 1 amide bonds. The third-order valence-corrected chi connectivity index (χ3v) is 6.32. The number of methoxy groups -OCH3 is 1. The number of hydrogen-bond donors (Lipinski definition) is 1. The normalized spacial score (nSPS) is 15.4. The smallest absolute Gasteiger partial charge is 0.407 e. The summed E-state index contributed by atoms with van der Waals surface area (Å²) in [7, 11) is 1.58. The Bertz CT molecular complexity index is 1270. The summed E-state index contributed by atoms with van der Waals surface area (Å²) in [5, 5.41) is 10.9. The van der Waals surface area contributed by atoms with Crippen LogP contribution in [0.25, 0.3) is 22.3 Å². The molecule has 1 aromatic carbocycles. The predicted octanol–water partition coefficient (Wildman–Crippen LogP) is 4.60. The van der Waals surface area contributed by atoms with E-state index in [1.165, 1.54) is 0 Å². The Kier molecular flexibility index (Phi) is 6.38. The maximum Gasteiger partial charge on any atom is 0.407 e. The lowest BCUT2D eigenvalue weighted by Gasteiger charge is -2.34. The molecule has 4 heterocycles. The zero-order valence-electron chi connectivity index (χ0n) is 21.1. The van der Waals surface area contributed by atoms with Gasteiger partial charge in [-0.2, -0.15) is 10.1 Å². The van der Waals surface area contributed by atoms with Gasteiger partial charge in [-0.05, 0) is 68.5 Å². The van der Waals surface area contributed by atoms with Gasteiger partial charge in [0.25, 0.3) is 0 Å². The Morgan fingerprint density at radius 1 is 1.08 bits per heavy atom. The number of piperidine rings is 1. The molecular formula is C27H31N5O4. The lowest BCUT2D eigenvalue weighted by atomic mass is 9.95. The van der Waals surface area contributed by atoms with Crippen molar-refractivity contribution in [3.8, 4) is 34.0 Å². The van der Waals surface area contributed by atoms with Gasteiger partial charge in [0.2, 0.25) is 11.8 Å². The van der Waals surface area contributed by atoms with Gasteiger partial charge in [-0.15, -0.1) is 5.10 Å². The van der Waals surface area contributed by atoms with E-state index in [0.717, 1.165) is 59.6 Å². The number of nitrogens with one attached hydrogen (secondary N) is 1. The van der Waals surface area contributed by atoms with Gasteiger partial charge in [-0.25, -0.2) is 4.79 Å². The van der Waals surface area contributed by atoms with E-state index >= 15 is 0 Å². The van der Waals surface area contributed by atoms with Crippen molar-refractivity contribution in [1.82, 2.24) is 20.5 Å². The maximum atomic E-state index is 12.1. The van der Waals surface area contributed by atoms with Crippen molar-refractivity contribution in [1.29, 1.82) is 0 Å². The van der Waals surface area contributed by atoms with Crippen molar-refractivity contribution in [2.75, 3.05) is 25.1 Å². The van der Waals surface area contributed by atoms with Crippen molar-refractivity contribution in [3.63, 3.8) is 0 Å². The first-order valence-corrected chi connectivity index (χ1v) is 12.2. The van der Waals surface area contributed by atoms with Gasteiger partial charge in [0.1, 0.15) is 18.0 Å². The highest BCUT2D eigenvalue weighted by Crippen LogP contribution is 2.39. The molecule has 1 N–H and O–H groups in total. The number of fused-ring (bicyclic) bond motifs is 3. The molecular weight excluding hydrogens is 458 g/mol. The molecule has 0 saturated carbocycles. The molecule has 0 unspecified atom stereocenters. The Labute approximate surface area is 210 Å². The Morgan fingerprint density at radius 2 is 1.86 bits per heavy atom. The number of carbonyl (C=O) groups excluding carboxylic acids is 1. The first-order chi connectivity index (χ1) is 17.3. The fraction of sp³-hybridized carbons (Fsp3) is 0.407. The molecule has 3 aromatic rings. The summed E-state index contributed by atoms with van der Waals surface area (Å²) < 4.78 is 16.7. The molecule has 2 aromatic heterocycles. The number of benzene rings is 1. The number of pyridine rings is 1. The van der Waals surface area contributed by atoms with E-state index in [2.05, 4.69) is 44.7 Å². The SMILES string of the molecule is COc1cc(-c2ccc3c(c2)COc2nc(N4CCC(NC(=O)OC(C)(C)C)CC4)ccc2-3)cnn1. The number of amides is 1. The van der Waals surface area contributed by atoms with Crippen molar-refractivity contribution in [2.45, 2.75) is 51.9 Å². The lowest BCUT2D eigenvalue weighted by molar-refractivity contribution is 0.0497. The summed E-state index contributed by atoms with van der Waals surface area (Å²) >= 11 is 0. The van der Waals surface area contributed by atoms with Crippen LogP contribution in [0.2, 0.25) is 0 Å². The van der Waals surface area contributed by atoms with Crippen molar-refractivity contribution in [2.24, 2.45) is 0 Å². The van der Waals surface area contributed by atoms with E-state index < -0.39 is 5.60 Å². The van der Waals surface area contributed by atoms with Crippen molar-refractivity contribution < 1.29 is 19.0 Å². The molecule has 9 heteroatoms. The Morgan fingerprint density at radius 3 is 2.61 bits per heavy atom. The quantitative estimate of drug-likeness (QED) is 0.568. The third-order valence-electron chi connectivity index (χ3n) is 6.32. The highest BCUT2D eigenvalue weighted by Gasteiger charge is 2.26. The largest absolute Gasteiger partial charge is 0.480 e. The van der Waals surface area contributed by atoms with Gasteiger partial charge in [0.05, 0.1) is 13.3 Å². The average Bonchev–Trinajstić information content (AvgIpc) is 2.87. The number of aromatic nitrogens is 3. The molecule has 0 radical (unpaired) electrons. The van der Waals surface area contributed by atoms with Gasteiger partial charge >= 0.3 is 6.09 Å². The molecule has 0 spiro atoms. The summed E-state index contributed by atoms with van der Waals surface area (Å²) in [6.45, 7) is 7.65. The molecule has 2 aliphatic heterocycles. The number of alkyl carbamates (subject to hydrolysis) is 1. The zero-order valence-corrected chi connectivity index (χ0v) is 21.1. The minimum Gasteiger partial charge on any atom is -0.480 e. The molecule has 0 aliphatic carbocycles. The lowest BCUT2D eigenvalue weighted by Crippen LogP contribution is -2.46. The van der Waals surface area contributed by atoms with E-state index in [1.807, 2.05) is 32.9 Å². The number of carbonyl (C=O) groups is 1. The van der Waals surface area contributed by atoms with Gasteiger partial charge in [0, 0.05) is 36.3 Å². The Balaban J connectivity index is 1.27. The molecule has 9 nitrogen and oxygen atoms in total. The third kappa shape index (κ3) is 5.19. The van der Waals surface area contributed by atoms with Crippen LogP contribution < -0.4 is 19.7 Å². The molecule has 0 atom stereocenters. The minimum atomic E-state index is -0.498. The fourth-order valence-electron chi connectivity index (χ4n) is 4.56. The van der Waals surface area contributed by atoms with Gasteiger partial charge in [-0.1, -0.05) is 12.1 Å². The second-order valence-electron chi connectivity index (χ2n) is 10.1. The first-order valence-electron chi connectivity index (χ1n) is 12.2. The number of ether oxygens (including phenoxy) is 3. The van der Waals surface area contributed by atoms with Gasteiger partial charge in [-0.3, -0.25) is 0 Å². The van der Waals surface area contributed by atoms with Crippen LogP contribution in [0.1, 0.15) is 39.2 Å². The predicted molar refractivity (Wildman–Crippen MR) is 136 cm³/mol. The first kappa shape index (κ1) is 23.8. The van der Waals surface area contributed by atoms with Crippen LogP contribution in [0.3, 0.4) is 0 Å². The van der Waals surface area contributed by atoms with Crippen LogP contribution in [0, 0.1) is 0 Å². The zero-order chi connectivity index (χ0) is 25.3. The van der Waals surface area contributed by atoms with Crippen molar-refractivity contribution in [3.05, 3.63) is 48.2 Å². The number of hydrogen-bond acceptors (Lipinski definition) is 8. The van der Waals surface area contributed by atoms with Gasteiger partial charge < -0.3 is 24.4 Å².